The summed E-state index contributed by atoms with van der Waals surface area (Å²) in [6.07, 6.45) is 0.895. The minimum absolute atomic E-state index is 0.668. The van der Waals surface area contributed by atoms with Crippen molar-refractivity contribution < 1.29 is 4.79 Å². The summed E-state index contributed by atoms with van der Waals surface area (Å²) >= 11 is 0. The molecule has 0 aliphatic carbocycles. The maximum atomic E-state index is 11.4. The van der Waals surface area contributed by atoms with Gasteiger partial charge >= 0.3 is 0 Å². The molecule has 1 heterocycles. The van der Waals surface area contributed by atoms with Crippen molar-refractivity contribution in [2.45, 2.75) is 13.8 Å². The molecule has 0 saturated carbocycles. The van der Waals surface area contributed by atoms with Crippen LogP contribution < -0.4 is 5.32 Å². The van der Waals surface area contributed by atoms with Crippen molar-refractivity contribution >= 4 is 28.7 Å². The molecule has 1 aromatic heterocycles. The lowest BCUT2D eigenvalue weighted by molar-refractivity contribution is 0.112. The van der Waals surface area contributed by atoms with Crippen molar-refractivity contribution in [2.24, 2.45) is 0 Å². The number of para-hydroxylation sites is 1. The van der Waals surface area contributed by atoms with Gasteiger partial charge < -0.3 is 10.3 Å². The molecule has 3 aromatic rings. The summed E-state index contributed by atoms with van der Waals surface area (Å²) in [7, 11) is 0. The zero-order valence-electron chi connectivity index (χ0n) is 11.5. The van der Waals surface area contributed by atoms with Gasteiger partial charge in [-0.25, -0.2) is 0 Å². The molecule has 0 atom stereocenters. The van der Waals surface area contributed by atoms with Gasteiger partial charge in [-0.1, -0.05) is 30.3 Å². The minimum Gasteiger partial charge on any atom is -0.341 e. The monoisotopic (exact) mass is 264 g/mol. The van der Waals surface area contributed by atoms with E-state index in [4.69, 9.17) is 0 Å². The second-order valence-corrected chi connectivity index (χ2v) is 5.02. The van der Waals surface area contributed by atoms with Crippen molar-refractivity contribution in [3.05, 3.63) is 59.2 Å². The highest BCUT2D eigenvalue weighted by atomic mass is 16.1. The molecule has 0 saturated heterocycles. The van der Waals surface area contributed by atoms with E-state index in [0.717, 1.165) is 34.3 Å². The summed E-state index contributed by atoms with van der Waals surface area (Å²) in [5, 5.41) is 4.28. The Kier molecular flexibility index (Phi) is 3.03. The van der Waals surface area contributed by atoms with Gasteiger partial charge in [-0.15, -0.1) is 0 Å². The van der Waals surface area contributed by atoms with Crippen molar-refractivity contribution in [2.75, 3.05) is 5.32 Å². The summed E-state index contributed by atoms with van der Waals surface area (Å²) < 4.78 is 0. The second kappa shape index (κ2) is 4.85. The number of carbonyl (C=O) groups excluding carboxylic acids is 1. The fraction of sp³-hybridized carbons (Fsp3) is 0.118. The van der Waals surface area contributed by atoms with E-state index < -0.39 is 0 Å². The van der Waals surface area contributed by atoms with Crippen molar-refractivity contribution in [3.8, 4) is 0 Å². The van der Waals surface area contributed by atoms with E-state index >= 15 is 0 Å². The average molecular weight is 264 g/mol. The van der Waals surface area contributed by atoms with Crippen molar-refractivity contribution in [3.63, 3.8) is 0 Å². The fourth-order valence-electron chi connectivity index (χ4n) is 2.39. The highest BCUT2D eigenvalue weighted by molar-refractivity contribution is 6.03. The molecule has 2 aromatic carbocycles. The van der Waals surface area contributed by atoms with Crippen LogP contribution in [-0.2, 0) is 0 Å². The Labute approximate surface area is 117 Å². The number of hydrogen-bond donors (Lipinski definition) is 2. The smallest absolute Gasteiger partial charge is 0.154 e. The summed E-state index contributed by atoms with van der Waals surface area (Å²) in [4.78, 5) is 14.7. The molecule has 0 radical (unpaired) electrons. The lowest BCUT2D eigenvalue weighted by Crippen LogP contribution is -1.96. The van der Waals surface area contributed by atoms with Crippen molar-refractivity contribution in [1.82, 2.24) is 4.98 Å². The molecule has 20 heavy (non-hydrogen) atoms. The Morgan fingerprint density at radius 1 is 1.10 bits per heavy atom. The van der Waals surface area contributed by atoms with Crippen LogP contribution in [-0.4, -0.2) is 11.3 Å². The van der Waals surface area contributed by atoms with Crippen molar-refractivity contribution in [1.29, 1.82) is 0 Å². The highest BCUT2D eigenvalue weighted by Gasteiger charge is 2.11. The Morgan fingerprint density at radius 2 is 1.90 bits per heavy atom. The number of benzene rings is 2. The van der Waals surface area contributed by atoms with E-state index in [1.54, 1.807) is 0 Å². The summed E-state index contributed by atoms with van der Waals surface area (Å²) in [6.45, 7) is 4.10. The summed E-state index contributed by atoms with van der Waals surface area (Å²) in [5.74, 6) is 0.745. The van der Waals surface area contributed by atoms with E-state index in [2.05, 4.69) is 35.4 Å². The molecule has 3 rings (SSSR count). The SMILES string of the molecule is Cc1ccc(C)c(Nc2[nH]c3ccccc3c2C=O)c1. The Hall–Kier alpha value is -2.55. The molecular formula is C17H16N2O. The molecule has 0 aliphatic heterocycles. The van der Waals surface area contributed by atoms with Gasteiger partial charge in [0.1, 0.15) is 5.82 Å². The predicted octanol–water partition coefficient (Wildman–Crippen LogP) is 4.34. The minimum atomic E-state index is 0.668. The van der Waals surface area contributed by atoms with E-state index in [9.17, 15) is 4.79 Å². The Bertz CT molecular complexity index is 787. The Morgan fingerprint density at radius 3 is 2.70 bits per heavy atom. The number of hydrogen-bond acceptors (Lipinski definition) is 2. The molecule has 0 unspecified atom stereocenters. The van der Waals surface area contributed by atoms with Gasteiger partial charge in [-0.3, -0.25) is 4.79 Å². The zero-order chi connectivity index (χ0) is 14.1. The number of anilines is 2. The lowest BCUT2D eigenvalue weighted by Gasteiger charge is -2.09. The van der Waals surface area contributed by atoms with E-state index in [1.165, 1.54) is 5.56 Å². The first-order valence-electron chi connectivity index (χ1n) is 6.59. The summed E-state index contributed by atoms with van der Waals surface area (Å²) in [5.41, 5.74) is 4.97. The number of aromatic amines is 1. The quantitative estimate of drug-likeness (QED) is 0.691. The number of aldehydes is 1. The Balaban J connectivity index is 2.10. The van der Waals surface area contributed by atoms with Gasteiger partial charge in [0, 0.05) is 16.6 Å². The lowest BCUT2D eigenvalue weighted by atomic mass is 10.1. The van der Waals surface area contributed by atoms with Crippen LogP contribution in [0.3, 0.4) is 0 Å². The number of H-pyrrole nitrogens is 1. The fourth-order valence-corrected chi connectivity index (χ4v) is 2.39. The third kappa shape index (κ3) is 2.07. The maximum Gasteiger partial charge on any atom is 0.154 e. The largest absolute Gasteiger partial charge is 0.341 e. The van der Waals surface area contributed by atoms with Gasteiger partial charge in [-0.05, 0) is 37.1 Å². The molecule has 0 spiro atoms. The standard InChI is InChI=1S/C17H16N2O/c1-11-7-8-12(2)16(9-11)19-17-14(10-20)13-5-3-4-6-15(13)18-17/h3-10,18-19H,1-2H3. The molecule has 0 amide bonds. The molecule has 3 heteroatoms. The summed E-state index contributed by atoms with van der Waals surface area (Å²) in [6, 6.07) is 14.0. The van der Waals surface area contributed by atoms with E-state index in [0.29, 0.717) is 5.56 Å². The number of fused-ring (bicyclic) bond motifs is 1. The average Bonchev–Trinajstić information content (AvgIpc) is 2.80. The third-order valence-corrected chi connectivity index (χ3v) is 3.52. The van der Waals surface area contributed by atoms with Gasteiger partial charge in [0.15, 0.2) is 6.29 Å². The topological polar surface area (TPSA) is 44.9 Å². The third-order valence-electron chi connectivity index (χ3n) is 3.52. The molecule has 3 nitrogen and oxygen atoms in total. The first kappa shape index (κ1) is 12.5. The van der Waals surface area contributed by atoms with Crippen LogP contribution in [0.15, 0.2) is 42.5 Å². The molecule has 2 N–H and O–H groups in total. The molecule has 0 bridgehead atoms. The molecule has 100 valence electrons. The molecular weight excluding hydrogens is 248 g/mol. The highest BCUT2D eigenvalue weighted by Crippen LogP contribution is 2.28. The number of aryl methyl sites for hydroxylation is 2. The van der Waals surface area contributed by atoms with Gasteiger partial charge in [0.05, 0.1) is 5.56 Å². The first-order chi connectivity index (χ1) is 9.69. The number of carbonyl (C=O) groups is 1. The number of nitrogens with one attached hydrogen (secondary N) is 2. The molecule has 0 aliphatic rings. The molecule has 0 fully saturated rings. The van der Waals surface area contributed by atoms with Gasteiger partial charge in [0.2, 0.25) is 0 Å². The second-order valence-electron chi connectivity index (χ2n) is 5.02. The number of rotatable bonds is 3. The first-order valence-corrected chi connectivity index (χ1v) is 6.59. The number of aromatic nitrogens is 1. The maximum absolute atomic E-state index is 11.4. The van der Waals surface area contributed by atoms with E-state index in [-0.39, 0.29) is 0 Å². The van der Waals surface area contributed by atoms with Crippen LogP contribution in [0.4, 0.5) is 11.5 Å². The van der Waals surface area contributed by atoms with Crippen LogP contribution in [0.2, 0.25) is 0 Å². The normalized spacial score (nSPS) is 10.7. The van der Waals surface area contributed by atoms with Gasteiger partial charge in [-0.2, -0.15) is 0 Å². The van der Waals surface area contributed by atoms with Crippen LogP contribution in [0, 0.1) is 13.8 Å². The zero-order valence-corrected chi connectivity index (χ0v) is 11.5. The van der Waals surface area contributed by atoms with Crippen LogP contribution in [0.1, 0.15) is 21.5 Å². The van der Waals surface area contributed by atoms with E-state index in [1.807, 2.05) is 31.2 Å². The van der Waals surface area contributed by atoms with Crippen LogP contribution in [0.5, 0.6) is 0 Å². The predicted molar refractivity (Wildman–Crippen MR) is 82.9 cm³/mol. The van der Waals surface area contributed by atoms with Crippen LogP contribution >= 0.6 is 0 Å². The van der Waals surface area contributed by atoms with Gasteiger partial charge in [0.25, 0.3) is 0 Å². The van der Waals surface area contributed by atoms with Crippen LogP contribution in [0.25, 0.3) is 10.9 Å².